The van der Waals surface area contributed by atoms with Crippen molar-refractivity contribution in [3.8, 4) is 0 Å². The van der Waals surface area contributed by atoms with Crippen molar-refractivity contribution in [3.63, 3.8) is 0 Å². The molecule has 32 heavy (non-hydrogen) atoms. The first kappa shape index (κ1) is 23.3. The van der Waals surface area contributed by atoms with Crippen LogP contribution in [0.1, 0.15) is 73.4 Å². The van der Waals surface area contributed by atoms with E-state index in [1.807, 2.05) is 48.5 Å². The highest BCUT2D eigenvalue weighted by Crippen LogP contribution is 2.24. The van der Waals surface area contributed by atoms with Gasteiger partial charge in [0.1, 0.15) is 0 Å². The van der Waals surface area contributed by atoms with Gasteiger partial charge in [0.2, 0.25) is 0 Å². The minimum Gasteiger partial charge on any atom is -0.322 e. The number of anilines is 2. The summed E-state index contributed by atoms with van der Waals surface area (Å²) in [6.45, 7) is 12.8. The Hall–Kier alpha value is -3.40. The van der Waals surface area contributed by atoms with Crippen molar-refractivity contribution in [1.29, 1.82) is 0 Å². The fraction of sp³-hybridized carbons (Fsp3) is 0.286. The lowest BCUT2D eigenvalue weighted by atomic mass is 9.86. The fourth-order valence-corrected chi connectivity index (χ4v) is 3.32. The van der Waals surface area contributed by atoms with Crippen molar-refractivity contribution in [3.05, 3.63) is 95.1 Å². The molecule has 0 saturated carbocycles. The molecule has 0 spiro atoms. The molecule has 0 aliphatic rings. The third kappa shape index (κ3) is 5.85. The van der Waals surface area contributed by atoms with Crippen LogP contribution in [0.3, 0.4) is 0 Å². The Morgan fingerprint density at radius 3 is 1.22 bits per heavy atom. The van der Waals surface area contributed by atoms with Gasteiger partial charge in [0.15, 0.2) is 0 Å². The SMILES string of the molecule is CC(C)(C)c1ccc(C(=O)Nc2cccc(NC(=O)c3ccc(C(C)(C)C)cc3)c2)cc1. The quantitative estimate of drug-likeness (QED) is 0.481. The number of rotatable bonds is 4. The van der Waals surface area contributed by atoms with Crippen LogP contribution in [0.25, 0.3) is 0 Å². The van der Waals surface area contributed by atoms with E-state index in [0.29, 0.717) is 22.5 Å². The van der Waals surface area contributed by atoms with E-state index in [2.05, 4.69) is 52.2 Å². The Labute approximate surface area is 191 Å². The van der Waals surface area contributed by atoms with E-state index in [0.717, 1.165) is 0 Å². The van der Waals surface area contributed by atoms with Gasteiger partial charge in [0, 0.05) is 22.5 Å². The van der Waals surface area contributed by atoms with Crippen molar-refractivity contribution in [2.75, 3.05) is 10.6 Å². The molecular formula is C28H32N2O2. The second-order valence-corrected chi connectivity index (χ2v) is 10.1. The van der Waals surface area contributed by atoms with Crippen LogP contribution >= 0.6 is 0 Å². The molecule has 0 bridgehead atoms. The molecule has 0 atom stereocenters. The molecule has 0 saturated heterocycles. The lowest BCUT2D eigenvalue weighted by Gasteiger charge is -2.19. The molecule has 2 N–H and O–H groups in total. The zero-order chi connectivity index (χ0) is 23.5. The van der Waals surface area contributed by atoms with E-state index in [1.54, 1.807) is 24.3 Å². The summed E-state index contributed by atoms with van der Waals surface area (Å²) in [5, 5.41) is 5.81. The second-order valence-electron chi connectivity index (χ2n) is 10.1. The summed E-state index contributed by atoms with van der Waals surface area (Å²) in [6.07, 6.45) is 0. The molecule has 4 heteroatoms. The smallest absolute Gasteiger partial charge is 0.255 e. The number of hydrogen-bond acceptors (Lipinski definition) is 2. The van der Waals surface area contributed by atoms with Crippen molar-refractivity contribution < 1.29 is 9.59 Å². The molecule has 3 rings (SSSR count). The van der Waals surface area contributed by atoms with Crippen molar-refractivity contribution in [2.24, 2.45) is 0 Å². The Bertz CT molecular complexity index is 1010. The number of benzene rings is 3. The lowest BCUT2D eigenvalue weighted by Crippen LogP contribution is -2.15. The highest BCUT2D eigenvalue weighted by molar-refractivity contribution is 6.06. The van der Waals surface area contributed by atoms with Crippen LogP contribution in [0.5, 0.6) is 0 Å². The molecule has 0 fully saturated rings. The van der Waals surface area contributed by atoms with Gasteiger partial charge in [0.25, 0.3) is 11.8 Å². The zero-order valence-electron chi connectivity index (χ0n) is 19.7. The summed E-state index contributed by atoms with van der Waals surface area (Å²) in [5.41, 5.74) is 4.84. The van der Waals surface area contributed by atoms with Crippen molar-refractivity contribution >= 4 is 23.2 Å². The van der Waals surface area contributed by atoms with E-state index < -0.39 is 0 Å². The molecule has 4 nitrogen and oxygen atoms in total. The first-order valence-corrected chi connectivity index (χ1v) is 10.9. The molecule has 0 radical (unpaired) electrons. The van der Waals surface area contributed by atoms with E-state index in [-0.39, 0.29) is 22.6 Å². The van der Waals surface area contributed by atoms with Crippen LogP contribution in [0.4, 0.5) is 11.4 Å². The van der Waals surface area contributed by atoms with Gasteiger partial charge in [-0.2, -0.15) is 0 Å². The van der Waals surface area contributed by atoms with Gasteiger partial charge in [-0.15, -0.1) is 0 Å². The topological polar surface area (TPSA) is 58.2 Å². The van der Waals surface area contributed by atoms with Crippen LogP contribution in [0, 0.1) is 0 Å². The largest absolute Gasteiger partial charge is 0.322 e. The third-order valence-electron chi connectivity index (χ3n) is 5.40. The van der Waals surface area contributed by atoms with E-state index >= 15 is 0 Å². The average Bonchev–Trinajstić information content (AvgIpc) is 2.73. The molecule has 2 amide bonds. The third-order valence-corrected chi connectivity index (χ3v) is 5.40. The molecule has 0 heterocycles. The first-order valence-electron chi connectivity index (χ1n) is 10.9. The number of amides is 2. The van der Waals surface area contributed by atoms with Crippen LogP contribution in [-0.4, -0.2) is 11.8 Å². The van der Waals surface area contributed by atoms with Gasteiger partial charge >= 0.3 is 0 Å². The van der Waals surface area contributed by atoms with E-state index in [9.17, 15) is 9.59 Å². The monoisotopic (exact) mass is 428 g/mol. The maximum absolute atomic E-state index is 12.6. The Morgan fingerprint density at radius 1 is 0.562 bits per heavy atom. The van der Waals surface area contributed by atoms with Gasteiger partial charge in [-0.1, -0.05) is 71.9 Å². The summed E-state index contributed by atoms with van der Waals surface area (Å²) < 4.78 is 0. The standard InChI is InChI=1S/C28H32N2O2/c1-27(2,3)21-14-10-19(11-15-21)25(31)29-23-8-7-9-24(18-23)30-26(32)20-12-16-22(17-13-20)28(4,5)6/h7-18H,1-6H3,(H,29,31)(H,30,32). The van der Waals surface area contributed by atoms with Crippen LogP contribution in [0.2, 0.25) is 0 Å². The van der Waals surface area contributed by atoms with E-state index in [1.165, 1.54) is 11.1 Å². The maximum atomic E-state index is 12.6. The zero-order valence-corrected chi connectivity index (χ0v) is 19.7. The average molecular weight is 429 g/mol. The fourth-order valence-electron chi connectivity index (χ4n) is 3.32. The summed E-state index contributed by atoms with van der Waals surface area (Å²) in [4.78, 5) is 25.3. The summed E-state index contributed by atoms with van der Waals surface area (Å²) in [5.74, 6) is -0.376. The summed E-state index contributed by atoms with van der Waals surface area (Å²) in [7, 11) is 0. The van der Waals surface area contributed by atoms with Gasteiger partial charge in [0.05, 0.1) is 0 Å². The minimum absolute atomic E-state index is 0.0363. The first-order chi connectivity index (χ1) is 14.9. The highest BCUT2D eigenvalue weighted by atomic mass is 16.2. The molecule has 0 aliphatic heterocycles. The maximum Gasteiger partial charge on any atom is 0.255 e. The normalized spacial score (nSPS) is 11.7. The van der Waals surface area contributed by atoms with Gasteiger partial charge in [-0.05, 0) is 64.4 Å². The number of nitrogens with one attached hydrogen (secondary N) is 2. The van der Waals surface area contributed by atoms with E-state index in [4.69, 9.17) is 0 Å². The van der Waals surface area contributed by atoms with Crippen molar-refractivity contribution in [1.82, 2.24) is 0 Å². The number of carbonyl (C=O) groups is 2. The molecule has 0 unspecified atom stereocenters. The van der Waals surface area contributed by atoms with Crippen LogP contribution in [0.15, 0.2) is 72.8 Å². The summed E-state index contributed by atoms with van der Waals surface area (Å²) >= 11 is 0. The van der Waals surface area contributed by atoms with Crippen molar-refractivity contribution in [2.45, 2.75) is 52.4 Å². The highest BCUT2D eigenvalue weighted by Gasteiger charge is 2.16. The molecule has 166 valence electrons. The predicted octanol–water partition coefficient (Wildman–Crippen LogP) is 6.79. The lowest BCUT2D eigenvalue weighted by molar-refractivity contribution is 0.101. The van der Waals surface area contributed by atoms with Gasteiger partial charge in [-0.25, -0.2) is 0 Å². The van der Waals surface area contributed by atoms with Crippen LogP contribution < -0.4 is 10.6 Å². The Kier molecular flexibility index (Phi) is 6.54. The molecule has 0 aromatic heterocycles. The van der Waals surface area contributed by atoms with Gasteiger partial charge < -0.3 is 10.6 Å². The van der Waals surface area contributed by atoms with Gasteiger partial charge in [-0.3, -0.25) is 9.59 Å². The second kappa shape index (κ2) is 8.99. The molecule has 3 aromatic carbocycles. The van der Waals surface area contributed by atoms with Crippen LogP contribution in [-0.2, 0) is 10.8 Å². The number of hydrogen-bond donors (Lipinski definition) is 2. The Balaban J connectivity index is 1.67. The minimum atomic E-state index is -0.188. The molecule has 0 aliphatic carbocycles. The number of carbonyl (C=O) groups excluding carboxylic acids is 2. The molecule has 3 aromatic rings. The summed E-state index contributed by atoms with van der Waals surface area (Å²) in [6, 6.07) is 22.4. The predicted molar refractivity (Wildman–Crippen MR) is 133 cm³/mol. The Morgan fingerprint density at radius 2 is 0.906 bits per heavy atom. The molecular weight excluding hydrogens is 396 g/mol.